The van der Waals surface area contributed by atoms with Crippen molar-refractivity contribution in [2.24, 2.45) is 0 Å². The van der Waals surface area contributed by atoms with Gasteiger partial charge in [-0.1, -0.05) is 41.9 Å². The fourth-order valence-corrected chi connectivity index (χ4v) is 4.05. The fraction of sp³-hybridized carbons (Fsp3) is 0.300. The third kappa shape index (κ3) is 4.80. The van der Waals surface area contributed by atoms with Crippen molar-refractivity contribution in [3.8, 4) is 0 Å². The average molecular weight is 389 g/mol. The van der Waals surface area contributed by atoms with Gasteiger partial charge in [-0.3, -0.25) is 9.59 Å². The second kappa shape index (κ2) is 9.10. The molecule has 6 heteroatoms. The highest BCUT2D eigenvalue weighted by molar-refractivity contribution is 8.00. The van der Waals surface area contributed by atoms with Gasteiger partial charge in [0.1, 0.15) is 0 Å². The van der Waals surface area contributed by atoms with Crippen LogP contribution in [0.5, 0.6) is 0 Å². The Hall–Kier alpha value is -1.98. The molecular formula is C20H21ClN2O2S. The van der Waals surface area contributed by atoms with E-state index in [4.69, 9.17) is 11.6 Å². The summed E-state index contributed by atoms with van der Waals surface area (Å²) in [7, 11) is 0. The maximum Gasteiger partial charge on any atom is 0.252 e. The molecule has 0 aromatic heterocycles. The Morgan fingerprint density at radius 3 is 2.50 bits per heavy atom. The molecule has 26 heavy (non-hydrogen) atoms. The van der Waals surface area contributed by atoms with Crippen molar-refractivity contribution in [2.75, 3.05) is 18.8 Å². The third-order valence-electron chi connectivity index (χ3n) is 4.34. The molecular weight excluding hydrogens is 368 g/mol. The topological polar surface area (TPSA) is 49.4 Å². The van der Waals surface area contributed by atoms with E-state index in [0.717, 1.165) is 36.4 Å². The number of halogens is 1. The Bertz CT molecular complexity index is 791. The average Bonchev–Trinajstić information content (AvgIpc) is 3.20. The van der Waals surface area contributed by atoms with Crippen LogP contribution >= 0.6 is 23.4 Å². The zero-order valence-corrected chi connectivity index (χ0v) is 16.0. The van der Waals surface area contributed by atoms with Crippen LogP contribution in [0.4, 0.5) is 0 Å². The predicted molar refractivity (Wildman–Crippen MR) is 106 cm³/mol. The van der Waals surface area contributed by atoms with Gasteiger partial charge in [-0.05, 0) is 36.6 Å². The van der Waals surface area contributed by atoms with Crippen LogP contribution in [0.1, 0.15) is 28.8 Å². The molecule has 1 aliphatic heterocycles. The van der Waals surface area contributed by atoms with Gasteiger partial charge < -0.3 is 10.2 Å². The van der Waals surface area contributed by atoms with E-state index in [2.05, 4.69) is 5.32 Å². The molecule has 0 bridgehead atoms. The van der Waals surface area contributed by atoms with E-state index in [1.54, 1.807) is 12.1 Å². The summed E-state index contributed by atoms with van der Waals surface area (Å²) in [6.07, 6.45) is 2.16. The number of carbonyl (C=O) groups excluding carboxylic acids is 2. The Morgan fingerprint density at radius 2 is 1.73 bits per heavy atom. The van der Waals surface area contributed by atoms with Gasteiger partial charge in [0.05, 0.1) is 11.3 Å². The van der Waals surface area contributed by atoms with Crippen molar-refractivity contribution in [1.82, 2.24) is 10.2 Å². The summed E-state index contributed by atoms with van der Waals surface area (Å²) >= 11 is 7.55. The smallest absolute Gasteiger partial charge is 0.252 e. The minimum atomic E-state index is -0.165. The quantitative estimate of drug-likeness (QED) is 0.761. The number of nitrogens with zero attached hydrogens (tertiary/aromatic N) is 1. The van der Waals surface area contributed by atoms with Crippen LogP contribution in [-0.4, -0.2) is 35.6 Å². The SMILES string of the molecule is O=C(NCc1ccccc1Cl)c1ccccc1SCC(=O)N1CCCC1. The summed E-state index contributed by atoms with van der Waals surface area (Å²) in [5, 5.41) is 3.54. The molecule has 0 spiro atoms. The summed E-state index contributed by atoms with van der Waals surface area (Å²) in [5.41, 5.74) is 1.45. The molecule has 1 saturated heterocycles. The minimum Gasteiger partial charge on any atom is -0.348 e. The Balaban J connectivity index is 1.61. The molecule has 4 nitrogen and oxygen atoms in total. The van der Waals surface area contributed by atoms with Gasteiger partial charge in [0, 0.05) is 29.6 Å². The molecule has 3 rings (SSSR count). The summed E-state index contributed by atoms with van der Waals surface area (Å²) in [4.78, 5) is 27.5. The Labute approximate surface area is 162 Å². The molecule has 1 heterocycles. The zero-order valence-electron chi connectivity index (χ0n) is 14.4. The Morgan fingerprint density at radius 1 is 1.04 bits per heavy atom. The number of rotatable bonds is 6. The van der Waals surface area contributed by atoms with Crippen LogP contribution < -0.4 is 5.32 Å². The van der Waals surface area contributed by atoms with Crippen LogP contribution in [0, 0.1) is 0 Å². The van der Waals surface area contributed by atoms with Crippen LogP contribution in [-0.2, 0) is 11.3 Å². The van der Waals surface area contributed by atoms with Crippen LogP contribution in [0.15, 0.2) is 53.4 Å². The summed E-state index contributed by atoms with van der Waals surface area (Å²) in [6.45, 7) is 2.06. The van der Waals surface area contributed by atoms with E-state index in [9.17, 15) is 9.59 Å². The third-order valence-corrected chi connectivity index (χ3v) is 5.77. The predicted octanol–water partition coefficient (Wildman–Crippen LogP) is 3.98. The number of hydrogen-bond acceptors (Lipinski definition) is 3. The number of thioether (sulfide) groups is 1. The highest BCUT2D eigenvalue weighted by atomic mass is 35.5. The molecule has 0 atom stereocenters. The summed E-state index contributed by atoms with van der Waals surface area (Å²) < 4.78 is 0. The van der Waals surface area contributed by atoms with E-state index < -0.39 is 0 Å². The minimum absolute atomic E-state index is 0.138. The molecule has 0 unspecified atom stereocenters. The molecule has 1 fully saturated rings. The van der Waals surface area contributed by atoms with Crippen molar-refractivity contribution < 1.29 is 9.59 Å². The van der Waals surface area contributed by atoms with Crippen molar-refractivity contribution >= 4 is 35.2 Å². The fourth-order valence-electron chi connectivity index (χ4n) is 2.89. The van der Waals surface area contributed by atoms with Crippen molar-refractivity contribution in [3.05, 3.63) is 64.7 Å². The van der Waals surface area contributed by atoms with E-state index in [0.29, 0.717) is 22.9 Å². The van der Waals surface area contributed by atoms with E-state index in [1.807, 2.05) is 41.3 Å². The van der Waals surface area contributed by atoms with Crippen molar-refractivity contribution in [2.45, 2.75) is 24.3 Å². The molecule has 0 saturated carbocycles. The molecule has 2 amide bonds. The second-order valence-corrected chi connectivity index (χ2v) is 7.57. The van der Waals surface area contributed by atoms with Crippen molar-refractivity contribution in [3.63, 3.8) is 0 Å². The van der Waals surface area contributed by atoms with Gasteiger partial charge >= 0.3 is 0 Å². The highest BCUT2D eigenvalue weighted by Gasteiger charge is 2.19. The standard InChI is InChI=1S/C20H21ClN2O2S/c21-17-9-3-1-7-15(17)13-22-20(25)16-8-2-4-10-18(16)26-14-19(24)23-11-5-6-12-23/h1-4,7-10H,5-6,11-14H2,(H,22,25). The largest absolute Gasteiger partial charge is 0.348 e. The van der Waals surface area contributed by atoms with E-state index in [-0.39, 0.29) is 11.8 Å². The lowest BCUT2D eigenvalue weighted by atomic mass is 10.2. The van der Waals surface area contributed by atoms with Gasteiger partial charge in [0.2, 0.25) is 5.91 Å². The van der Waals surface area contributed by atoms with Crippen LogP contribution in [0.25, 0.3) is 0 Å². The molecule has 2 aromatic carbocycles. The number of hydrogen-bond donors (Lipinski definition) is 1. The summed E-state index contributed by atoms with van der Waals surface area (Å²) in [6, 6.07) is 14.8. The van der Waals surface area contributed by atoms with Crippen LogP contribution in [0.2, 0.25) is 5.02 Å². The molecule has 1 N–H and O–H groups in total. The first-order chi connectivity index (χ1) is 12.6. The second-order valence-electron chi connectivity index (χ2n) is 6.15. The van der Waals surface area contributed by atoms with Gasteiger partial charge in [0.15, 0.2) is 0 Å². The molecule has 136 valence electrons. The Kier molecular flexibility index (Phi) is 6.58. The molecule has 1 aliphatic rings. The maximum atomic E-state index is 12.6. The number of benzene rings is 2. The van der Waals surface area contributed by atoms with Crippen LogP contribution in [0.3, 0.4) is 0 Å². The molecule has 2 aromatic rings. The lowest BCUT2D eigenvalue weighted by molar-refractivity contribution is -0.127. The van der Waals surface area contributed by atoms with E-state index in [1.165, 1.54) is 11.8 Å². The number of carbonyl (C=O) groups is 2. The molecule has 0 radical (unpaired) electrons. The van der Waals surface area contributed by atoms with Gasteiger partial charge in [0.25, 0.3) is 5.91 Å². The number of amides is 2. The number of nitrogens with one attached hydrogen (secondary N) is 1. The van der Waals surface area contributed by atoms with Gasteiger partial charge in [-0.25, -0.2) is 0 Å². The monoisotopic (exact) mass is 388 g/mol. The normalized spacial score (nSPS) is 13.7. The maximum absolute atomic E-state index is 12.6. The first-order valence-corrected chi connectivity index (χ1v) is 10.0. The lowest BCUT2D eigenvalue weighted by Crippen LogP contribution is -2.29. The highest BCUT2D eigenvalue weighted by Crippen LogP contribution is 2.24. The lowest BCUT2D eigenvalue weighted by Gasteiger charge is -2.15. The summed E-state index contributed by atoms with van der Waals surface area (Å²) in [5.74, 6) is 0.329. The zero-order chi connectivity index (χ0) is 18.4. The molecule has 0 aliphatic carbocycles. The first kappa shape index (κ1) is 18.8. The van der Waals surface area contributed by atoms with Gasteiger partial charge in [-0.15, -0.1) is 11.8 Å². The number of likely N-dealkylation sites (tertiary alicyclic amines) is 1. The van der Waals surface area contributed by atoms with Crippen molar-refractivity contribution in [1.29, 1.82) is 0 Å². The first-order valence-electron chi connectivity index (χ1n) is 8.66. The van der Waals surface area contributed by atoms with E-state index >= 15 is 0 Å². The van der Waals surface area contributed by atoms with Gasteiger partial charge in [-0.2, -0.15) is 0 Å².